The van der Waals surface area contributed by atoms with E-state index in [1.54, 1.807) is 4.90 Å². The summed E-state index contributed by atoms with van der Waals surface area (Å²) in [6, 6.07) is 7.61. The van der Waals surface area contributed by atoms with Gasteiger partial charge in [0.15, 0.2) is 0 Å². The number of rotatable bonds is 3. The molecule has 0 fully saturated rings. The van der Waals surface area contributed by atoms with E-state index in [1.165, 1.54) is 0 Å². The van der Waals surface area contributed by atoms with Gasteiger partial charge in [0.25, 0.3) is 0 Å². The van der Waals surface area contributed by atoms with E-state index in [4.69, 9.17) is 10.1 Å². The molecule has 0 unspecified atom stereocenters. The van der Waals surface area contributed by atoms with Crippen LogP contribution < -0.4 is 4.74 Å². The Labute approximate surface area is 84.8 Å². The molecule has 0 spiro atoms. The number of nitrogens with zero attached hydrogens (tertiary/aromatic N) is 1. The molecule has 0 amide bonds. The fourth-order valence-corrected chi connectivity index (χ4v) is 1.18. The van der Waals surface area contributed by atoms with Crippen molar-refractivity contribution in [2.24, 2.45) is 0 Å². The molecule has 0 atom stereocenters. The minimum Gasteiger partial charge on any atom is -0.493 e. The van der Waals surface area contributed by atoms with E-state index < -0.39 is 0 Å². The zero-order chi connectivity index (χ0) is 10.6. The molecular weight excluding hydrogens is 176 g/mol. The van der Waals surface area contributed by atoms with E-state index in [-0.39, 0.29) is 0 Å². The minimum absolute atomic E-state index is 0.467. The second kappa shape index (κ2) is 4.65. The van der Waals surface area contributed by atoms with Crippen LogP contribution in [0.25, 0.3) is 0 Å². The number of hydrogen-bond acceptors (Lipinski definition) is 2. The number of benzene rings is 1. The molecule has 1 aromatic carbocycles. The van der Waals surface area contributed by atoms with Gasteiger partial charge in [-0.2, -0.15) is 0 Å². The molecule has 0 aliphatic heterocycles. The van der Waals surface area contributed by atoms with Crippen molar-refractivity contribution in [2.75, 3.05) is 20.7 Å². The van der Waals surface area contributed by atoms with Crippen LogP contribution in [0.3, 0.4) is 0 Å². The van der Waals surface area contributed by atoms with Gasteiger partial charge in [-0.05, 0) is 19.1 Å². The summed E-state index contributed by atoms with van der Waals surface area (Å²) in [7, 11) is 3.70. The van der Waals surface area contributed by atoms with Crippen molar-refractivity contribution in [2.45, 2.75) is 6.92 Å². The van der Waals surface area contributed by atoms with Crippen LogP contribution in [-0.2, 0) is 0 Å². The Morgan fingerprint density at radius 3 is 2.57 bits per heavy atom. The third kappa shape index (κ3) is 2.25. The molecule has 0 saturated heterocycles. The summed E-state index contributed by atoms with van der Waals surface area (Å²) in [5.41, 5.74) is 0.833. The fourth-order valence-electron chi connectivity index (χ4n) is 1.18. The molecule has 1 aromatic rings. The van der Waals surface area contributed by atoms with Gasteiger partial charge >= 0.3 is 0 Å². The zero-order valence-electron chi connectivity index (χ0n) is 8.87. The maximum absolute atomic E-state index is 7.85. The first-order valence-corrected chi connectivity index (χ1v) is 4.65. The van der Waals surface area contributed by atoms with Crippen LogP contribution in [0.1, 0.15) is 12.5 Å². The topological polar surface area (TPSA) is 36.3 Å². The van der Waals surface area contributed by atoms with Gasteiger partial charge in [-0.3, -0.25) is 5.41 Å². The van der Waals surface area contributed by atoms with Gasteiger partial charge in [-0.1, -0.05) is 12.1 Å². The van der Waals surface area contributed by atoms with Gasteiger partial charge in [0.2, 0.25) is 0 Å². The predicted molar refractivity (Wildman–Crippen MR) is 58.1 cm³/mol. The smallest absolute Gasteiger partial charge is 0.131 e. The minimum atomic E-state index is 0.467. The Morgan fingerprint density at radius 2 is 2.00 bits per heavy atom. The van der Waals surface area contributed by atoms with Gasteiger partial charge in [0.1, 0.15) is 11.6 Å². The molecule has 0 heterocycles. The normalized spacial score (nSPS) is 9.64. The first-order valence-electron chi connectivity index (χ1n) is 4.65. The molecule has 0 bridgehead atoms. The molecule has 0 saturated carbocycles. The maximum atomic E-state index is 7.85. The average molecular weight is 192 g/mol. The number of nitrogens with one attached hydrogen (secondary N) is 1. The molecule has 3 nitrogen and oxygen atoms in total. The highest BCUT2D eigenvalue weighted by Crippen LogP contribution is 2.18. The summed E-state index contributed by atoms with van der Waals surface area (Å²) < 4.78 is 5.44. The van der Waals surface area contributed by atoms with Crippen LogP contribution in [0.5, 0.6) is 5.75 Å². The second-order valence-corrected chi connectivity index (χ2v) is 3.17. The fraction of sp³-hybridized carbons (Fsp3) is 0.364. The lowest BCUT2D eigenvalue weighted by atomic mass is 10.2. The molecule has 0 aliphatic rings. The summed E-state index contributed by atoms with van der Waals surface area (Å²) in [5.74, 6) is 1.24. The highest BCUT2D eigenvalue weighted by atomic mass is 16.5. The molecule has 76 valence electrons. The Balaban J connectivity index is 3.00. The highest BCUT2D eigenvalue weighted by molar-refractivity contribution is 5.98. The standard InChI is InChI=1S/C11H16N2O/c1-4-14-10-8-6-5-7-9(10)11(12)13(2)3/h5-8,12H,4H2,1-3H3. The zero-order valence-corrected chi connectivity index (χ0v) is 8.87. The van der Waals surface area contributed by atoms with Crippen LogP contribution in [0.2, 0.25) is 0 Å². The van der Waals surface area contributed by atoms with E-state index in [0.29, 0.717) is 12.4 Å². The summed E-state index contributed by atoms with van der Waals surface area (Å²) in [5, 5.41) is 7.85. The quantitative estimate of drug-likeness (QED) is 0.587. The first-order chi connectivity index (χ1) is 6.66. The van der Waals surface area contributed by atoms with E-state index in [1.807, 2.05) is 45.3 Å². The lowest BCUT2D eigenvalue weighted by molar-refractivity contribution is 0.339. The Bertz CT molecular complexity index is 321. The number of hydrogen-bond donors (Lipinski definition) is 1. The summed E-state index contributed by atoms with van der Waals surface area (Å²) >= 11 is 0. The van der Waals surface area contributed by atoms with Gasteiger partial charge < -0.3 is 9.64 Å². The average Bonchev–Trinajstić information content (AvgIpc) is 2.18. The molecule has 14 heavy (non-hydrogen) atoms. The molecule has 0 aromatic heterocycles. The number of ether oxygens (including phenoxy) is 1. The van der Waals surface area contributed by atoms with E-state index in [9.17, 15) is 0 Å². The first kappa shape index (κ1) is 10.6. The molecule has 0 radical (unpaired) electrons. The van der Waals surface area contributed by atoms with Crippen molar-refractivity contribution in [3.63, 3.8) is 0 Å². The van der Waals surface area contributed by atoms with Crippen molar-refractivity contribution < 1.29 is 4.74 Å². The van der Waals surface area contributed by atoms with Gasteiger partial charge in [-0.15, -0.1) is 0 Å². The van der Waals surface area contributed by atoms with Crippen LogP contribution in [-0.4, -0.2) is 31.4 Å². The van der Waals surface area contributed by atoms with Gasteiger partial charge in [0.05, 0.1) is 12.2 Å². The van der Waals surface area contributed by atoms with Crippen molar-refractivity contribution in [1.82, 2.24) is 4.90 Å². The van der Waals surface area contributed by atoms with Crippen LogP contribution in [0.4, 0.5) is 0 Å². The van der Waals surface area contributed by atoms with Crippen LogP contribution >= 0.6 is 0 Å². The van der Waals surface area contributed by atoms with E-state index in [2.05, 4.69) is 0 Å². The third-order valence-electron chi connectivity index (χ3n) is 1.89. The lowest BCUT2D eigenvalue weighted by Crippen LogP contribution is -2.22. The monoisotopic (exact) mass is 192 g/mol. The van der Waals surface area contributed by atoms with Crippen molar-refractivity contribution in [3.05, 3.63) is 29.8 Å². The van der Waals surface area contributed by atoms with E-state index >= 15 is 0 Å². The number of para-hydroxylation sites is 1. The maximum Gasteiger partial charge on any atom is 0.131 e. The molecule has 1 N–H and O–H groups in total. The van der Waals surface area contributed by atoms with E-state index in [0.717, 1.165) is 11.3 Å². The Hall–Kier alpha value is -1.51. The molecule has 3 heteroatoms. The third-order valence-corrected chi connectivity index (χ3v) is 1.89. The van der Waals surface area contributed by atoms with Crippen molar-refractivity contribution in [1.29, 1.82) is 5.41 Å². The largest absolute Gasteiger partial charge is 0.493 e. The summed E-state index contributed by atoms with van der Waals surface area (Å²) in [6.07, 6.45) is 0. The van der Waals surface area contributed by atoms with Gasteiger partial charge in [0, 0.05) is 14.1 Å². The number of amidine groups is 1. The lowest BCUT2D eigenvalue weighted by Gasteiger charge is -2.16. The van der Waals surface area contributed by atoms with Crippen LogP contribution in [0, 0.1) is 5.41 Å². The SMILES string of the molecule is CCOc1ccccc1C(=N)N(C)C. The van der Waals surface area contributed by atoms with Crippen molar-refractivity contribution >= 4 is 5.84 Å². The molecular formula is C11H16N2O. The second-order valence-electron chi connectivity index (χ2n) is 3.17. The molecule has 0 aliphatic carbocycles. The van der Waals surface area contributed by atoms with Gasteiger partial charge in [-0.25, -0.2) is 0 Å². The summed E-state index contributed by atoms with van der Waals surface area (Å²) in [4.78, 5) is 1.76. The summed E-state index contributed by atoms with van der Waals surface area (Å²) in [6.45, 7) is 2.56. The van der Waals surface area contributed by atoms with Crippen LogP contribution in [0.15, 0.2) is 24.3 Å². The van der Waals surface area contributed by atoms with Crippen molar-refractivity contribution in [3.8, 4) is 5.75 Å². The Morgan fingerprint density at radius 1 is 1.36 bits per heavy atom. The highest BCUT2D eigenvalue weighted by Gasteiger charge is 2.09. The molecule has 1 rings (SSSR count). The Kier molecular flexibility index (Phi) is 3.51. The predicted octanol–water partition coefficient (Wildman–Crippen LogP) is 1.97.